The predicted octanol–water partition coefficient (Wildman–Crippen LogP) is 5.49. The summed E-state index contributed by atoms with van der Waals surface area (Å²) in [6.07, 6.45) is 0.767. The van der Waals surface area contributed by atoms with E-state index in [9.17, 15) is 4.79 Å². The highest BCUT2D eigenvalue weighted by Gasteiger charge is 2.13. The zero-order chi connectivity index (χ0) is 20.2. The Morgan fingerprint density at radius 3 is 2.86 bits per heavy atom. The highest BCUT2D eigenvalue weighted by molar-refractivity contribution is 9.10. The maximum Gasteiger partial charge on any atom is 0.262 e. The second kappa shape index (κ2) is 9.38. The minimum atomic E-state index is -0.0143. The molecule has 150 valence electrons. The Morgan fingerprint density at radius 2 is 2.03 bits per heavy atom. The zero-order valence-electron chi connectivity index (χ0n) is 15.9. The van der Waals surface area contributed by atoms with Crippen molar-refractivity contribution in [2.24, 2.45) is 0 Å². The Morgan fingerprint density at radius 1 is 1.17 bits per heavy atom. The number of nitrogens with zero attached hydrogens (tertiary/aromatic N) is 3. The van der Waals surface area contributed by atoms with Crippen molar-refractivity contribution < 1.29 is 4.74 Å². The molecule has 29 heavy (non-hydrogen) atoms. The van der Waals surface area contributed by atoms with Crippen LogP contribution in [0.2, 0.25) is 0 Å². The molecule has 4 rings (SSSR count). The molecule has 2 heterocycles. The smallest absolute Gasteiger partial charge is 0.262 e. The summed E-state index contributed by atoms with van der Waals surface area (Å²) in [5.74, 6) is 0.680. The number of thioether (sulfide) groups is 1. The molecule has 0 atom stereocenters. The van der Waals surface area contributed by atoms with Crippen LogP contribution < -0.4 is 5.56 Å². The van der Waals surface area contributed by atoms with E-state index in [2.05, 4.69) is 22.0 Å². The first-order valence-corrected chi connectivity index (χ1v) is 12.0. The third-order valence-corrected chi connectivity index (χ3v) is 7.12. The quantitative estimate of drug-likeness (QED) is 0.186. The number of rotatable bonds is 8. The molecular weight excluding hydrogens is 470 g/mol. The number of hydrogen-bond acceptors (Lipinski definition) is 6. The van der Waals surface area contributed by atoms with Gasteiger partial charge in [-0.05, 0) is 43.7 Å². The van der Waals surface area contributed by atoms with Gasteiger partial charge in [0.25, 0.3) is 5.56 Å². The molecule has 0 radical (unpaired) electrons. The van der Waals surface area contributed by atoms with Crippen molar-refractivity contribution in [3.05, 3.63) is 62.3 Å². The second-order valence-corrected chi connectivity index (χ2v) is 9.40. The molecule has 0 spiro atoms. The molecule has 0 unspecified atom stereocenters. The number of aromatic nitrogens is 3. The lowest BCUT2D eigenvalue weighted by molar-refractivity contribution is 0.140. The first-order valence-electron chi connectivity index (χ1n) is 9.41. The summed E-state index contributed by atoms with van der Waals surface area (Å²) in [6, 6.07) is 13.8. The van der Waals surface area contributed by atoms with E-state index in [0.717, 1.165) is 26.6 Å². The van der Waals surface area contributed by atoms with Gasteiger partial charge in [0.1, 0.15) is 5.01 Å². The normalized spacial score (nSPS) is 11.5. The summed E-state index contributed by atoms with van der Waals surface area (Å²) in [4.78, 5) is 22.6. The molecule has 0 N–H and O–H groups in total. The van der Waals surface area contributed by atoms with E-state index in [1.807, 2.05) is 43.3 Å². The fourth-order valence-corrected chi connectivity index (χ4v) is 5.40. The lowest BCUT2D eigenvalue weighted by atomic mass is 10.2. The molecule has 8 heteroatoms. The SMILES string of the molecule is CCOCCCn1c(SCc2nc3ccccc3s2)nc2ccc(Br)cc2c1=O. The minimum absolute atomic E-state index is 0.0143. The van der Waals surface area contributed by atoms with Crippen molar-refractivity contribution in [2.45, 2.75) is 30.8 Å². The van der Waals surface area contributed by atoms with Crippen molar-refractivity contribution in [1.29, 1.82) is 0 Å². The molecule has 0 amide bonds. The Balaban J connectivity index is 1.64. The lowest BCUT2D eigenvalue weighted by Gasteiger charge is -2.13. The van der Waals surface area contributed by atoms with Gasteiger partial charge in [-0.1, -0.05) is 39.8 Å². The largest absolute Gasteiger partial charge is 0.382 e. The number of hydrogen-bond donors (Lipinski definition) is 0. The zero-order valence-corrected chi connectivity index (χ0v) is 19.1. The van der Waals surface area contributed by atoms with Crippen LogP contribution in [0, 0.1) is 0 Å². The molecule has 0 aliphatic heterocycles. The van der Waals surface area contributed by atoms with Crippen LogP contribution in [-0.4, -0.2) is 27.7 Å². The number of halogens is 1. The average molecular weight is 490 g/mol. The average Bonchev–Trinajstić information content (AvgIpc) is 3.14. The molecule has 0 saturated carbocycles. The second-order valence-electron chi connectivity index (χ2n) is 6.43. The fourth-order valence-electron chi connectivity index (χ4n) is 3.06. The van der Waals surface area contributed by atoms with Crippen LogP contribution in [0.3, 0.4) is 0 Å². The molecule has 0 fully saturated rings. The molecule has 0 aliphatic rings. The Kier molecular flexibility index (Phi) is 6.64. The number of benzene rings is 2. The van der Waals surface area contributed by atoms with Gasteiger partial charge in [-0.15, -0.1) is 11.3 Å². The standard InChI is InChI=1S/C21H20BrN3O2S2/c1-2-27-11-5-10-25-20(26)15-12-14(22)8-9-16(15)24-21(25)28-13-19-23-17-6-3-4-7-18(17)29-19/h3-4,6-9,12H,2,5,10-11,13H2,1H3. The number of fused-ring (bicyclic) bond motifs is 2. The topological polar surface area (TPSA) is 57.0 Å². The molecule has 0 aliphatic carbocycles. The molecular formula is C21H20BrN3O2S2. The number of para-hydroxylation sites is 1. The molecule has 2 aromatic carbocycles. The van der Waals surface area contributed by atoms with Gasteiger partial charge in [0.05, 0.1) is 26.9 Å². The maximum absolute atomic E-state index is 13.2. The van der Waals surface area contributed by atoms with Crippen LogP contribution in [0.25, 0.3) is 21.1 Å². The van der Waals surface area contributed by atoms with Gasteiger partial charge in [0, 0.05) is 24.2 Å². The number of thiazole rings is 1. The number of ether oxygens (including phenoxy) is 1. The van der Waals surface area contributed by atoms with Gasteiger partial charge >= 0.3 is 0 Å². The first kappa shape index (κ1) is 20.5. The first-order chi connectivity index (χ1) is 14.2. The molecule has 5 nitrogen and oxygen atoms in total. The van der Waals surface area contributed by atoms with Crippen LogP contribution in [0.15, 0.2) is 56.9 Å². The molecule has 0 bridgehead atoms. The van der Waals surface area contributed by atoms with E-state index in [0.29, 0.717) is 36.4 Å². The summed E-state index contributed by atoms with van der Waals surface area (Å²) in [6.45, 7) is 3.86. The lowest BCUT2D eigenvalue weighted by Crippen LogP contribution is -2.24. The summed E-state index contributed by atoms with van der Waals surface area (Å²) < 4.78 is 9.26. The molecule has 2 aromatic heterocycles. The van der Waals surface area contributed by atoms with Crippen molar-refractivity contribution in [3.8, 4) is 0 Å². The third-order valence-electron chi connectivity index (χ3n) is 4.42. The summed E-state index contributed by atoms with van der Waals surface area (Å²) in [5.41, 5.74) is 1.71. The van der Waals surface area contributed by atoms with Crippen LogP contribution in [0.1, 0.15) is 18.4 Å². The van der Waals surface area contributed by atoms with Crippen LogP contribution in [0.5, 0.6) is 0 Å². The van der Waals surface area contributed by atoms with Crippen LogP contribution >= 0.6 is 39.0 Å². The summed E-state index contributed by atoms with van der Waals surface area (Å²) in [5, 5.41) is 2.38. The third kappa shape index (κ3) is 4.71. The van der Waals surface area contributed by atoms with Crippen molar-refractivity contribution in [2.75, 3.05) is 13.2 Å². The van der Waals surface area contributed by atoms with E-state index >= 15 is 0 Å². The minimum Gasteiger partial charge on any atom is -0.382 e. The predicted molar refractivity (Wildman–Crippen MR) is 124 cm³/mol. The Hall–Kier alpha value is -1.74. The van der Waals surface area contributed by atoms with Gasteiger partial charge < -0.3 is 4.74 Å². The van der Waals surface area contributed by atoms with Gasteiger partial charge in [-0.25, -0.2) is 9.97 Å². The van der Waals surface area contributed by atoms with Gasteiger partial charge in [-0.3, -0.25) is 9.36 Å². The van der Waals surface area contributed by atoms with E-state index < -0.39 is 0 Å². The summed E-state index contributed by atoms with van der Waals surface area (Å²) >= 11 is 6.70. The fraction of sp³-hybridized carbons (Fsp3) is 0.286. The molecule has 0 saturated heterocycles. The van der Waals surface area contributed by atoms with Gasteiger partial charge in [0.15, 0.2) is 5.16 Å². The van der Waals surface area contributed by atoms with Gasteiger partial charge in [0.2, 0.25) is 0 Å². The highest BCUT2D eigenvalue weighted by atomic mass is 79.9. The van der Waals surface area contributed by atoms with E-state index in [-0.39, 0.29) is 5.56 Å². The highest BCUT2D eigenvalue weighted by Crippen LogP contribution is 2.28. The Bertz CT molecular complexity index is 1170. The van der Waals surface area contributed by atoms with Gasteiger partial charge in [-0.2, -0.15) is 0 Å². The van der Waals surface area contributed by atoms with Crippen LogP contribution in [-0.2, 0) is 17.0 Å². The molecule has 4 aromatic rings. The van der Waals surface area contributed by atoms with Crippen molar-refractivity contribution in [3.63, 3.8) is 0 Å². The Labute approximate surface area is 185 Å². The van der Waals surface area contributed by atoms with E-state index in [1.54, 1.807) is 27.7 Å². The van der Waals surface area contributed by atoms with Crippen LogP contribution in [0.4, 0.5) is 0 Å². The monoisotopic (exact) mass is 489 g/mol. The van der Waals surface area contributed by atoms with E-state index in [1.165, 1.54) is 4.70 Å². The van der Waals surface area contributed by atoms with Crippen molar-refractivity contribution >= 4 is 60.1 Å². The van der Waals surface area contributed by atoms with E-state index in [4.69, 9.17) is 14.7 Å². The summed E-state index contributed by atoms with van der Waals surface area (Å²) in [7, 11) is 0. The van der Waals surface area contributed by atoms with Crippen molar-refractivity contribution in [1.82, 2.24) is 14.5 Å². The maximum atomic E-state index is 13.2.